The Labute approximate surface area is 141 Å². The SMILES string of the molecule is CCOC(=O)C1(C[C@@H]2CC(c3ccc(F)cc3)=NO2)CCNCC1. The van der Waals surface area contributed by atoms with E-state index in [1.165, 1.54) is 12.1 Å². The number of ether oxygens (including phenoxy) is 1. The molecule has 0 amide bonds. The van der Waals surface area contributed by atoms with Crippen LogP contribution in [0.3, 0.4) is 0 Å². The van der Waals surface area contributed by atoms with Crippen molar-refractivity contribution in [1.82, 2.24) is 5.32 Å². The Morgan fingerprint density at radius 3 is 2.75 bits per heavy atom. The average molecular weight is 334 g/mol. The van der Waals surface area contributed by atoms with E-state index in [4.69, 9.17) is 9.57 Å². The molecule has 0 bridgehead atoms. The van der Waals surface area contributed by atoms with Crippen molar-refractivity contribution in [3.8, 4) is 0 Å². The van der Waals surface area contributed by atoms with Crippen molar-refractivity contribution in [2.24, 2.45) is 10.6 Å². The first kappa shape index (κ1) is 16.9. The zero-order chi connectivity index (χ0) is 17.0. The number of hydrogen-bond acceptors (Lipinski definition) is 5. The summed E-state index contributed by atoms with van der Waals surface area (Å²) in [5.74, 6) is -0.406. The number of oxime groups is 1. The van der Waals surface area contributed by atoms with Gasteiger partial charge in [0.2, 0.25) is 0 Å². The van der Waals surface area contributed by atoms with E-state index in [9.17, 15) is 9.18 Å². The summed E-state index contributed by atoms with van der Waals surface area (Å²) in [6.07, 6.45) is 2.57. The molecule has 1 N–H and O–H groups in total. The molecular weight excluding hydrogens is 311 g/mol. The molecule has 1 aromatic rings. The topological polar surface area (TPSA) is 59.9 Å². The fourth-order valence-electron chi connectivity index (χ4n) is 3.47. The van der Waals surface area contributed by atoms with Crippen LogP contribution in [0.25, 0.3) is 0 Å². The predicted octanol–water partition coefficient (Wildman–Crippen LogP) is 2.64. The second kappa shape index (κ2) is 7.30. The monoisotopic (exact) mass is 334 g/mol. The molecule has 2 heterocycles. The molecule has 1 fully saturated rings. The summed E-state index contributed by atoms with van der Waals surface area (Å²) in [6.45, 7) is 3.82. The zero-order valence-corrected chi connectivity index (χ0v) is 13.9. The van der Waals surface area contributed by atoms with Crippen molar-refractivity contribution in [1.29, 1.82) is 0 Å². The third-order valence-electron chi connectivity index (χ3n) is 4.80. The number of rotatable bonds is 5. The highest BCUT2D eigenvalue weighted by molar-refractivity contribution is 6.01. The number of esters is 1. The summed E-state index contributed by atoms with van der Waals surface area (Å²) in [5.41, 5.74) is 1.15. The van der Waals surface area contributed by atoms with Crippen molar-refractivity contribution in [3.05, 3.63) is 35.6 Å². The molecule has 1 saturated heterocycles. The Kier molecular flexibility index (Phi) is 5.14. The Morgan fingerprint density at radius 1 is 1.38 bits per heavy atom. The number of hydrogen-bond donors (Lipinski definition) is 1. The highest BCUT2D eigenvalue weighted by Crippen LogP contribution is 2.38. The van der Waals surface area contributed by atoms with Crippen molar-refractivity contribution in [3.63, 3.8) is 0 Å². The first-order chi connectivity index (χ1) is 11.6. The van der Waals surface area contributed by atoms with Crippen LogP contribution in [0.5, 0.6) is 0 Å². The van der Waals surface area contributed by atoms with Gasteiger partial charge in [0, 0.05) is 12.8 Å². The predicted molar refractivity (Wildman–Crippen MR) is 88.2 cm³/mol. The maximum Gasteiger partial charge on any atom is 0.312 e. The van der Waals surface area contributed by atoms with Crippen LogP contribution in [-0.2, 0) is 14.4 Å². The van der Waals surface area contributed by atoms with Gasteiger partial charge in [-0.1, -0.05) is 17.3 Å². The van der Waals surface area contributed by atoms with Crippen LogP contribution in [0, 0.1) is 11.2 Å². The number of carbonyl (C=O) groups is 1. The first-order valence-corrected chi connectivity index (χ1v) is 8.49. The molecule has 6 heteroatoms. The lowest BCUT2D eigenvalue weighted by Gasteiger charge is -2.36. The largest absolute Gasteiger partial charge is 0.466 e. The molecule has 2 aliphatic rings. The molecule has 0 saturated carbocycles. The smallest absolute Gasteiger partial charge is 0.312 e. The van der Waals surface area contributed by atoms with Crippen molar-refractivity contribution in [2.45, 2.75) is 38.7 Å². The minimum Gasteiger partial charge on any atom is -0.466 e. The average Bonchev–Trinajstić information content (AvgIpc) is 3.05. The summed E-state index contributed by atoms with van der Waals surface area (Å²) in [6, 6.07) is 6.23. The third kappa shape index (κ3) is 3.59. The molecule has 0 aliphatic carbocycles. The Balaban J connectivity index is 1.66. The van der Waals surface area contributed by atoms with Gasteiger partial charge >= 0.3 is 5.97 Å². The van der Waals surface area contributed by atoms with Gasteiger partial charge in [-0.15, -0.1) is 0 Å². The summed E-state index contributed by atoms with van der Waals surface area (Å²) in [7, 11) is 0. The number of piperidine rings is 1. The van der Waals surface area contributed by atoms with Crippen LogP contribution < -0.4 is 5.32 Å². The Morgan fingerprint density at radius 2 is 2.08 bits per heavy atom. The van der Waals surface area contributed by atoms with Crippen LogP contribution in [0.4, 0.5) is 4.39 Å². The van der Waals surface area contributed by atoms with E-state index < -0.39 is 5.41 Å². The molecular formula is C18H23FN2O3. The molecule has 0 radical (unpaired) electrons. The highest BCUT2D eigenvalue weighted by Gasteiger charge is 2.44. The van der Waals surface area contributed by atoms with E-state index in [-0.39, 0.29) is 17.9 Å². The summed E-state index contributed by atoms with van der Waals surface area (Å²) in [5, 5.41) is 7.43. The zero-order valence-electron chi connectivity index (χ0n) is 13.9. The number of halogens is 1. The van der Waals surface area contributed by atoms with Crippen molar-refractivity contribution in [2.75, 3.05) is 19.7 Å². The number of nitrogens with one attached hydrogen (secondary N) is 1. The van der Waals surface area contributed by atoms with Gasteiger partial charge in [-0.2, -0.15) is 0 Å². The van der Waals surface area contributed by atoms with Crippen molar-refractivity contribution < 1.29 is 18.8 Å². The van der Waals surface area contributed by atoms with Gasteiger partial charge < -0.3 is 14.9 Å². The second-order valence-electron chi connectivity index (χ2n) is 6.43. The van der Waals surface area contributed by atoms with E-state index >= 15 is 0 Å². The fourth-order valence-corrected chi connectivity index (χ4v) is 3.47. The molecule has 3 rings (SSSR count). The standard InChI is InChI=1S/C18H23FN2O3/c1-2-23-17(22)18(7-9-20-10-8-18)12-15-11-16(21-24-15)13-3-5-14(19)6-4-13/h3-6,15,20H,2,7-12H2,1H3/t15-/m0/s1. The second-order valence-corrected chi connectivity index (χ2v) is 6.43. The summed E-state index contributed by atoms with van der Waals surface area (Å²) >= 11 is 0. The van der Waals surface area contributed by atoms with Crippen LogP contribution in [-0.4, -0.2) is 37.5 Å². The van der Waals surface area contributed by atoms with Gasteiger partial charge in [-0.25, -0.2) is 4.39 Å². The van der Waals surface area contributed by atoms with Crippen LogP contribution >= 0.6 is 0 Å². The minimum absolute atomic E-state index is 0.134. The number of nitrogens with zero attached hydrogens (tertiary/aromatic N) is 1. The number of carbonyl (C=O) groups excluding carboxylic acids is 1. The third-order valence-corrected chi connectivity index (χ3v) is 4.80. The van der Waals surface area contributed by atoms with E-state index in [0.29, 0.717) is 19.4 Å². The van der Waals surface area contributed by atoms with Gasteiger partial charge in [0.05, 0.1) is 17.7 Å². The summed E-state index contributed by atoms with van der Waals surface area (Å²) < 4.78 is 18.4. The van der Waals surface area contributed by atoms with Gasteiger partial charge in [-0.05, 0) is 50.6 Å². The Hall–Kier alpha value is -1.95. The molecule has 24 heavy (non-hydrogen) atoms. The van der Waals surface area contributed by atoms with Gasteiger partial charge in [0.25, 0.3) is 0 Å². The fraction of sp³-hybridized carbons (Fsp3) is 0.556. The van der Waals surface area contributed by atoms with E-state index in [0.717, 1.165) is 37.2 Å². The minimum atomic E-state index is -0.500. The Bertz CT molecular complexity index is 609. The van der Waals surface area contributed by atoms with Crippen LogP contribution in [0.1, 0.15) is 38.2 Å². The number of benzene rings is 1. The van der Waals surface area contributed by atoms with E-state index in [1.54, 1.807) is 12.1 Å². The molecule has 1 atom stereocenters. The van der Waals surface area contributed by atoms with Gasteiger partial charge in [0.15, 0.2) is 0 Å². The molecule has 0 unspecified atom stereocenters. The van der Waals surface area contributed by atoms with Crippen LogP contribution in [0.15, 0.2) is 29.4 Å². The normalized spacial score (nSPS) is 22.6. The van der Waals surface area contributed by atoms with Gasteiger partial charge in [0.1, 0.15) is 11.9 Å². The van der Waals surface area contributed by atoms with E-state index in [2.05, 4.69) is 10.5 Å². The van der Waals surface area contributed by atoms with Crippen LogP contribution in [0.2, 0.25) is 0 Å². The quantitative estimate of drug-likeness (QED) is 0.841. The summed E-state index contributed by atoms with van der Waals surface area (Å²) in [4.78, 5) is 18.1. The molecule has 1 aromatic carbocycles. The lowest BCUT2D eigenvalue weighted by molar-refractivity contribution is -0.160. The van der Waals surface area contributed by atoms with Gasteiger partial charge in [-0.3, -0.25) is 4.79 Å². The first-order valence-electron chi connectivity index (χ1n) is 8.49. The molecule has 0 spiro atoms. The lowest BCUT2D eigenvalue weighted by Crippen LogP contribution is -2.45. The maximum atomic E-state index is 13.0. The highest BCUT2D eigenvalue weighted by atomic mass is 19.1. The molecule has 130 valence electrons. The maximum absolute atomic E-state index is 13.0. The molecule has 5 nitrogen and oxygen atoms in total. The van der Waals surface area contributed by atoms with Crippen molar-refractivity contribution >= 4 is 11.7 Å². The lowest BCUT2D eigenvalue weighted by atomic mass is 9.74. The molecule has 2 aliphatic heterocycles. The van der Waals surface area contributed by atoms with E-state index in [1.807, 2.05) is 6.92 Å². The molecule has 0 aromatic heterocycles.